The second kappa shape index (κ2) is 9.54. The Labute approximate surface area is 146 Å². The average molecular weight is 343 g/mol. The molecule has 0 fully saturated rings. The Kier molecular flexibility index (Phi) is 7.10. The summed E-state index contributed by atoms with van der Waals surface area (Å²) in [6.45, 7) is 1.21. The van der Waals surface area contributed by atoms with Gasteiger partial charge in [0.1, 0.15) is 5.82 Å². The summed E-state index contributed by atoms with van der Waals surface area (Å²) in [4.78, 5) is 23.9. The molecule has 0 atom stereocenters. The van der Waals surface area contributed by atoms with E-state index in [0.717, 1.165) is 18.5 Å². The smallest absolute Gasteiger partial charge is 0.255 e. The third-order valence-corrected chi connectivity index (χ3v) is 3.61. The quantitative estimate of drug-likeness (QED) is 0.646. The summed E-state index contributed by atoms with van der Waals surface area (Å²) in [5, 5.41) is 8.62. The first-order valence-electron chi connectivity index (χ1n) is 8.15. The molecular formula is C19H22FN3O2. The minimum absolute atomic E-state index is 0.00370. The number of nitrogens with one attached hydrogen (secondary N) is 3. The van der Waals surface area contributed by atoms with Crippen LogP contribution in [0.4, 0.5) is 10.1 Å². The largest absolute Gasteiger partial charge is 0.352 e. The summed E-state index contributed by atoms with van der Waals surface area (Å²) in [6.07, 6.45) is 1.26. The van der Waals surface area contributed by atoms with Crippen LogP contribution in [0.1, 0.15) is 28.8 Å². The highest BCUT2D eigenvalue weighted by atomic mass is 19.1. The van der Waals surface area contributed by atoms with Crippen LogP contribution in [0.5, 0.6) is 0 Å². The van der Waals surface area contributed by atoms with Gasteiger partial charge in [-0.05, 0) is 62.0 Å². The highest BCUT2D eigenvalue weighted by Gasteiger charge is 2.07. The average Bonchev–Trinajstić information content (AvgIpc) is 2.61. The molecule has 0 aliphatic heterocycles. The van der Waals surface area contributed by atoms with E-state index in [1.807, 2.05) is 19.2 Å². The van der Waals surface area contributed by atoms with Gasteiger partial charge in [-0.3, -0.25) is 9.59 Å². The third-order valence-electron chi connectivity index (χ3n) is 3.61. The van der Waals surface area contributed by atoms with Crippen molar-refractivity contribution in [2.24, 2.45) is 0 Å². The summed E-state index contributed by atoms with van der Waals surface area (Å²) in [6, 6.07) is 12.6. The molecule has 2 aromatic carbocycles. The van der Waals surface area contributed by atoms with Crippen molar-refractivity contribution in [1.29, 1.82) is 0 Å². The van der Waals surface area contributed by atoms with E-state index in [-0.39, 0.29) is 17.6 Å². The Balaban J connectivity index is 1.89. The molecule has 0 spiro atoms. The van der Waals surface area contributed by atoms with E-state index in [1.165, 1.54) is 24.3 Å². The van der Waals surface area contributed by atoms with Crippen molar-refractivity contribution in [3.8, 4) is 0 Å². The second-order valence-electron chi connectivity index (χ2n) is 5.65. The number of amides is 2. The molecule has 2 amide bonds. The first-order valence-corrected chi connectivity index (χ1v) is 8.15. The zero-order valence-corrected chi connectivity index (χ0v) is 14.1. The molecule has 0 radical (unpaired) electrons. The zero-order valence-electron chi connectivity index (χ0n) is 14.1. The highest BCUT2D eigenvalue weighted by Crippen LogP contribution is 2.13. The predicted octanol–water partition coefficient (Wildman–Crippen LogP) is 2.69. The Morgan fingerprint density at radius 2 is 1.84 bits per heavy atom. The lowest BCUT2D eigenvalue weighted by Gasteiger charge is -2.09. The number of anilines is 1. The van der Waals surface area contributed by atoms with Gasteiger partial charge < -0.3 is 16.0 Å². The van der Waals surface area contributed by atoms with Crippen LogP contribution in [0, 0.1) is 5.82 Å². The number of carbonyl (C=O) groups is 2. The summed E-state index contributed by atoms with van der Waals surface area (Å²) in [5.41, 5.74) is 1.89. The molecule has 0 aliphatic rings. The van der Waals surface area contributed by atoms with Crippen LogP contribution in [0.2, 0.25) is 0 Å². The lowest BCUT2D eigenvalue weighted by molar-refractivity contribution is -0.121. The van der Waals surface area contributed by atoms with E-state index < -0.39 is 0 Å². The SMILES string of the molecule is CNCCCC(=O)NCc1cccc(NC(=O)c2ccc(F)cc2)c1. The van der Waals surface area contributed by atoms with Crippen LogP contribution in [0.25, 0.3) is 0 Å². The van der Waals surface area contributed by atoms with Gasteiger partial charge >= 0.3 is 0 Å². The van der Waals surface area contributed by atoms with Gasteiger partial charge in [-0.2, -0.15) is 0 Å². The van der Waals surface area contributed by atoms with Crippen LogP contribution in [0.15, 0.2) is 48.5 Å². The van der Waals surface area contributed by atoms with E-state index in [2.05, 4.69) is 16.0 Å². The fourth-order valence-corrected chi connectivity index (χ4v) is 2.28. The van der Waals surface area contributed by atoms with Crippen LogP contribution in [-0.2, 0) is 11.3 Å². The first kappa shape index (κ1) is 18.6. The third kappa shape index (κ3) is 6.35. The van der Waals surface area contributed by atoms with Crippen molar-refractivity contribution >= 4 is 17.5 Å². The van der Waals surface area contributed by atoms with Gasteiger partial charge in [-0.15, -0.1) is 0 Å². The summed E-state index contributed by atoms with van der Waals surface area (Å²) < 4.78 is 12.9. The Bertz CT molecular complexity index is 717. The van der Waals surface area contributed by atoms with E-state index in [0.29, 0.717) is 24.2 Å². The normalized spacial score (nSPS) is 10.3. The van der Waals surface area contributed by atoms with Crippen LogP contribution in [0.3, 0.4) is 0 Å². The maximum absolute atomic E-state index is 12.9. The monoisotopic (exact) mass is 343 g/mol. The lowest BCUT2D eigenvalue weighted by atomic mass is 10.1. The number of rotatable bonds is 8. The number of halogens is 1. The molecule has 2 rings (SSSR count). The minimum atomic E-state index is -0.385. The molecule has 0 bridgehead atoms. The van der Waals surface area contributed by atoms with Crippen LogP contribution < -0.4 is 16.0 Å². The minimum Gasteiger partial charge on any atom is -0.352 e. The maximum atomic E-state index is 12.9. The number of carbonyl (C=O) groups excluding carboxylic acids is 2. The van der Waals surface area contributed by atoms with Crippen molar-refractivity contribution in [1.82, 2.24) is 10.6 Å². The van der Waals surface area contributed by atoms with Gasteiger partial charge in [-0.1, -0.05) is 12.1 Å². The topological polar surface area (TPSA) is 70.2 Å². The van der Waals surface area contributed by atoms with Crippen molar-refractivity contribution in [3.63, 3.8) is 0 Å². The van der Waals surface area contributed by atoms with Gasteiger partial charge in [0.2, 0.25) is 5.91 Å². The fourth-order valence-electron chi connectivity index (χ4n) is 2.28. The van der Waals surface area contributed by atoms with Gasteiger partial charge in [0.05, 0.1) is 0 Å². The highest BCUT2D eigenvalue weighted by molar-refractivity contribution is 6.04. The number of hydrogen-bond donors (Lipinski definition) is 3. The molecule has 0 saturated carbocycles. The van der Waals surface area contributed by atoms with Gasteiger partial charge in [0.15, 0.2) is 0 Å². The molecule has 0 aromatic heterocycles. The molecule has 0 saturated heterocycles. The zero-order chi connectivity index (χ0) is 18.1. The molecule has 0 aliphatic carbocycles. The Hall–Kier alpha value is -2.73. The first-order chi connectivity index (χ1) is 12.1. The standard InChI is InChI=1S/C19H22FN3O2/c1-21-11-3-6-18(24)22-13-14-4-2-5-17(12-14)23-19(25)15-7-9-16(20)10-8-15/h2,4-5,7-10,12,21H,3,6,11,13H2,1H3,(H,22,24)(H,23,25). The van der Waals surface area contributed by atoms with E-state index in [1.54, 1.807) is 12.1 Å². The van der Waals surface area contributed by atoms with Crippen molar-refractivity contribution < 1.29 is 14.0 Å². The molecule has 3 N–H and O–H groups in total. The van der Waals surface area contributed by atoms with Gasteiger partial charge in [0.25, 0.3) is 5.91 Å². The van der Waals surface area contributed by atoms with Gasteiger partial charge in [-0.25, -0.2) is 4.39 Å². The number of benzene rings is 2. The van der Waals surface area contributed by atoms with Crippen LogP contribution >= 0.6 is 0 Å². The number of hydrogen-bond acceptors (Lipinski definition) is 3. The maximum Gasteiger partial charge on any atom is 0.255 e. The summed E-state index contributed by atoms with van der Waals surface area (Å²) in [7, 11) is 1.85. The van der Waals surface area contributed by atoms with Gasteiger partial charge in [0, 0.05) is 24.2 Å². The Morgan fingerprint density at radius 3 is 2.56 bits per heavy atom. The summed E-state index contributed by atoms with van der Waals surface area (Å²) >= 11 is 0. The molecule has 132 valence electrons. The molecule has 6 heteroatoms. The van der Waals surface area contributed by atoms with Crippen LogP contribution in [-0.4, -0.2) is 25.4 Å². The second-order valence-corrected chi connectivity index (χ2v) is 5.65. The van der Waals surface area contributed by atoms with Crippen molar-refractivity contribution in [2.45, 2.75) is 19.4 Å². The van der Waals surface area contributed by atoms with E-state index >= 15 is 0 Å². The molecular weight excluding hydrogens is 321 g/mol. The van der Waals surface area contributed by atoms with Crippen molar-refractivity contribution in [3.05, 3.63) is 65.5 Å². The predicted molar refractivity (Wildman–Crippen MR) is 95.8 cm³/mol. The molecule has 5 nitrogen and oxygen atoms in total. The Morgan fingerprint density at radius 1 is 1.08 bits per heavy atom. The van der Waals surface area contributed by atoms with E-state index in [4.69, 9.17) is 0 Å². The molecule has 0 unspecified atom stereocenters. The molecule has 25 heavy (non-hydrogen) atoms. The van der Waals surface area contributed by atoms with Crippen molar-refractivity contribution in [2.75, 3.05) is 18.9 Å². The fraction of sp³-hybridized carbons (Fsp3) is 0.263. The lowest BCUT2D eigenvalue weighted by Crippen LogP contribution is -2.23. The summed E-state index contributed by atoms with van der Waals surface area (Å²) in [5.74, 6) is -0.701. The molecule has 0 heterocycles. The molecule has 2 aromatic rings. The van der Waals surface area contributed by atoms with E-state index in [9.17, 15) is 14.0 Å².